The van der Waals surface area contributed by atoms with Gasteiger partial charge >= 0.3 is 12.1 Å². The van der Waals surface area contributed by atoms with Crippen LogP contribution in [-0.2, 0) is 22.2 Å². The summed E-state index contributed by atoms with van der Waals surface area (Å²) in [5, 5.41) is 11.7. The lowest BCUT2D eigenvalue weighted by Gasteiger charge is -2.24. The molecule has 2 rings (SSSR count). The molecule has 2 N–H and O–H groups in total. The molecular weight excluding hydrogens is 323 g/mol. The smallest absolute Gasteiger partial charge is 0.416 e. The first-order valence-corrected chi connectivity index (χ1v) is 7.97. The second-order valence-electron chi connectivity index (χ2n) is 6.09. The summed E-state index contributed by atoms with van der Waals surface area (Å²) in [4.78, 5) is 23.6. The molecule has 1 fully saturated rings. The number of aliphatic carboxylic acids is 1. The van der Waals surface area contributed by atoms with Crippen molar-refractivity contribution in [3.8, 4) is 0 Å². The molecule has 0 radical (unpaired) electrons. The molecule has 0 saturated heterocycles. The van der Waals surface area contributed by atoms with Crippen molar-refractivity contribution in [3.05, 3.63) is 35.4 Å². The highest BCUT2D eigenvalue weighted by Crippen LogP contribution is 2.32. The maximum absolute atomic E-state index is 13.0. The predicted octanol–water partition coefficient (Wildman–Crippen LogP) is 3.40. The second kappa shape index (κ2) is 7.68. The molecular formula is C17H20F3NO3. The Labute approximate surface area is 138 Å². The number of rotatable bonds is 5. The van der Waals surface area contributed by atoms with Crippen LogP contribution in [0.15, 0.2) is 24.3 Å². The number of nitrogens with one attached hydrogen (secondary N) is 1. The SMILES string of the molecule is O=C(N[C@@H](Cc1ccccc1C(F)(F)F)C(=O)O)C1CCCCC1. The van der Waals surface area contributed by atoms with Gasteiger partial charge in [0.15, 0.2) is 0 Å². The van der Waals surface area contributed by atoms with E-state index in [4.69, 9.17) is 0 Å². The van der Waals surface area contributed by atoms with Crippen molar-refractivity contribution in [2.45, 2.75) is 50.7 Å². The van der Waals surface area contributed by atoms with Gasteiger partial charge in [-0.2, -0.15) is 13.2 Å². The van der Waals surface area contributed by atoms with Gasteiger partial charge in [-0.1, -0.05) is 37.5 Å². The number of carboxylic acid groups (broad SMARTS) is 1. The van der Waals surface area contributed by atoms with Gasteiger partial charge in [-0.25, -0.2) is 4.79 Å². The molecule has 0 aromatic heterocycles. The Morgan fingerprint density at radius 3 is 2.38 bits per heavy atom. The van der Waals surface area contributed by atoms with E-state index in [1.165, 1.54) is 18.2 Å². The summed E-state index contributed by atoms with van der Waals surface area (Å²) >= 11 is 0. The number of carbonyl (C=O) groups excluding carboxylic acids is 1. The van der Waals surface area contributed by atoms with Gasteiger partial charge in [0.2, 0.25) is 5.91 Å². The van der Waals surface area contributed by atoms with E-state index in [1.807, 2.05) is 0 Å². The van der Waals surface area contributed by atoms with Gasteiger partial charge in [-0.15, -0.1) is 0 Å². The van der Waals surface area contributed by atoms with Gasteiger partial charge in [-0.05, 0) is 24.5 Å². The molecule has 1 aromatic carbocycles. The van der Waals surface area contributed by atoms with E-state index in [9.17, 15) is 27.9 Å². The Kier molecular flexibility index (Phi) is 5.85. The largest absolute Gasteiger partial charge is 0.480 e. The normalized spacial score (nSPS) is 17.3. The summed E-state index contributed by atoms with van der Waals surface area (Å²) in [5.41, 5.74) is -1.01. The summed E-state index contributed by atoms with van der Waals surface area (Å²) in [5.74, 6) is -1.97. The fraction of sp³-hybridized carbons (Fsp3) is 0.529. The minimum Gasteiger partial charge on any atom is -0.480 e. The van der Waals surface area contributed by atoms with Crippen LogP contribution in [0, 0.1) is 5.92 Å². The molecule has 7 heteroatoms. The van der Waals surface area contributed by atoms with Gasteiger partial charge in [-0.3, -0.25) is 4.79 Å². The third kappa shape index (κ3) is 4.72. The molecule has 4 nitrogen and oxygen atoms in total. The molecule has 132 valence electrons. The second-order valence-corrected chi connectivity index (χ2v) is 6.09. The van der Waals surface area contributed by atoms with E-state index >= 15 is 0 Å². The lowest BCUT2D eigenvalue weighted by molar-refractivity contribution is -0.143. The molecule has 1 aliphatic carbocycles. The molecule has 1 aromatic rings. The fourth-order valence-electron chi connectivity index (χ4n) is 3.05. The fourth-order valence-corrected chi connectivity index (χ4v) is 3.05. The van der Waals surface area contributed by atoms with Crippen LogP contribution in [0.1, 0.15) is 43.2 Å². The third-order valence-electron chi connectivity index (χ3n) is 4.34. The summed E-state index contributed by atoms with van der Waals surface area (Å²) < 4.78 is 39.1. The van der Waals surface area contributed by atoms with Crippen molar-refractivity contribution >= 4 is 11.9 Å². The van der Waals surface area contributed by atoms with Crippen LogP contribution in [0.25, 0.3) is 0 Å². The van der Waals surface area contributed by atoms with Gasteiger partial charge in [0.1, 0.15) is 6.04 Å². The Bertz CT molecular complexity index is 595. The van der Waals surface area contributed by atoms with E-state index in [0.717, 1.165) is 25.3 Å². The zero-order valence-corrected chi connectivity index (χ0v) is 13.1. The monoisotopic (exact) mass is 343 g/mol. The number of carboxylic acids is 1. The summed E-state index contributed by atoms with van der Waals surface area (Å²) in [6.45, 7) is 0. The number of carbonyl (C=O) groups is 2. The maximum atomic E-state index is 13.0. The van der Waals surface area contributed by atoms with Crippen molar-refractivity contribution in [3.63, 3.8) is 0 Å². The van der Waals surface area contributed by atoms with E-state index < -0.39 is 30.2 Å². The van der Waals surface area contributed by atoms with Crippen molar-refractivity contribution in [1.82, 2.24) is 5.32 Å². The van der Waals surface area contributed by atoms with Crippen molar-refractivity contribution in [2.75, 3.05) is 0 Å². The standard InChI is InChI=1S/C17H20F3NO3/c18-17(19,20)13-9-5-4-8-12(13)10-14(16(23)24)21-15(22)11-6-2-1-3-7-11/h4-5,8-9,11,14H,1-3,6-7,10H2,(H,21,22)(H,23,24)/t14-/m0/s1. The Hall–Kier alpha value is -2.05. The van der Waals surface area contributed by atoms with Crippen LogP contribution < -0.4 is 5.32 Å². The molecule has 1 atom stereocenters. The van der Waals surface area contributed by atoms with Crippen molar-refractivity contribution in [1.29, 1.82) is 0 Å². The quantitative estimate of drug-likeness (QED) is 0.861. The third-order valence-corrected chi connectivity index (χ3v) is 4.34. The number of benzene rings is 1. The summed E-state index contributed by atoms with van der Waals surface area (Å²) in [7, 11) is 0. The van der Waals surface area contributed by atoms with Crippen LogP contribution >= 0.6 is 0 Å². The summed E-state index contributed by atoms with van der Waals surface area (Å²) in [6.07, 6.45) is -0.713. The van der Waals surface area contributed by atoms with Crippen LogP contribution in [0.5, 0.6) is 0 Å². The number of halogens is 3. The maximum Gasteiger partial charge on any atom is 0.416 e. The van der Waals surface area contributed by atoms with Crippen LogP contribution in [-0.4, -0.2) is 23.0 Å². The lowest BCUT2D eigenvalue weighted by atomic mass is 9.88. The zero-order valence-electron chi connectivity index (χ0n) is 13.1. The van der Waals surface area contributed by atoms with E-state index in [1.54, 1.807) is 0 Å². The molecule has 0 spiro atoms. The number of hydrogen-bond acceptors (Lipinski definition) is 2. The Morgan fingerprint density at radius 1 is 1.17 bits per heavy atom. The minimum atomic E-state index is -4.56. The van der Waals surface area contributed by atoms with Gasteiger partial charge in [0.25, 0.3) is 0 Å². The average molecular weight is 343 g/mol. The number of hydrogen-bond donors (Lipinski definition) is 2. The van der Waals surface area contributed by atoms with Crippen molar-refractivity contribution in [2.24, 2.45) is 5.92 Å². The number of amides is 1. The molecule has 24 heavy (non-hydrogen) atoms. The molecule has 0 bridgehead atoms. The van der Waals surface area contributed by atoms with Crippen LogP contribution in [0.4, 0.5) is 13.2 Å². The minimum absolute atomic E-state index is 0.138. The van der Waals surface area contributed by atoms with Crippen LogP contribution in [0.3, 0.4) is 0 Å². The first-order valence-electron chi connectivity index (χ1n) is 7.97. The molecule has 0 unspecified atom stereocenters. The predicted molar refractivity (Wildman–Crippen MR) is 81.3 cm³/mol. The first kappa shape index (κ1) is 18.3. The first-order chi connectivity index (χ1) is 11.3. The lowest BCUT2D eigenvalue weighted by Crippen LogP contribution is -2.45. The highest BCUT2D eigenvalue weighted by Gasteiger charge is 2.34. The van der Waals surface area contributed by atoms with Gasteiger partial charge in [0.05, 0.1) is 5.56 Å². The molecule has 1 saturated carbocycles. The topological polar surface area (TPSA) is 66.4 Å². The number of alkyl halides is 3. The van der Waals surface area contributed by atoms with E-state index in [0.29, 0.717) is 12.8 Å². The molecule has 1 amide bonds. The molecule has 0 heterocycles. The molecule has 1 aliphatic rings. The molecule has 0 aliphatic heterocycles. The Balaban J connectivity index is 2.12. The van der Waals surface area contributed by atoms with Gasteiger partial charge < -0.3 is 10.4 Å². The highest BCUT2D eigenvalue weighted by atomic mass is 19.4. The van der Waals surface area contributed by atoms with E-state index in [-0.39, 0.29) is 17.4 Å². The van der Waals surface area contributed by atoms with E-state index in [2.05, 4.69) is 5.32 Å². The van der Waals surface area contributed by atoms with Gasteiger partial charge in [0, 0.05) is 12.3 Å². The van der Waals surface area contributed by atoms with Crippen molar-refractivity contribution < 1.29 is 27.9 Å². The summed E-state index contributed by atoms with van der Waals surface area (Å²) in [6, 6.07) is 3.46. The highest BCUT2D eigenvalue weighted by molar-refractivity contribution is 5.85. The zero-order chi connectivity index (χ0) is 17.7. The average Bonchev–Trinajstić information content (AvgIpc) is 2.54. The Morgan fingerprint density at radius 2 is 1.79 bits per heavy atom. The van der Waals surface area contributed by atoms with Crippen LogP contribution in [0.2, 0.25) is 0 Å².